The van der Waals surface area contributed by atoms with Crippen molar-refractivity contribution < 1.29 is 70.9 Å². The van der Waals surface area contributed by atoms with Crippen LogP contribution in [0, 0.1) is 23.7 Å². The minimum Gasteiger partial charge on any atom is -0.459 e. The van der Waals surface area contributed by atoms with E-state index in [2.05, 4.69) is 5.32 Å². The first-order chi connectivity index (χ1) is 36.6. The van der Waals surface area contributed by atoms with Gasteiger partial charge in [0.2, 0.25) is 0 Å². The molecule has 21 nitrogen and oxygen atoms in total. The normalized spacial score (nSPS) is 29.8. The molecule has 6 aliphatic rings. The van der Waals surface area contributed by atoms with Crippen molar-refractivity contribution in [3.8, 4) is 0 Å². The number of thioether (sulfide) groups is 2. The van der Waals surface area contributed by atoms with Gasteiger partial charge in [-0.25, -0.2) is 12.7 Å². The van der Waals surface area contributed by atoms with Crippen molar-refractivity contribution >= 4 is 96.7 Å². The van der Waals surface area contributed by atoms with Crippen LogP contribution in [0.25, 0.3) is 0 Å². The summed E-state index contributed by atoms with van der Waals surface area (Å²) in [6, 6.07) is 20.2. The number of amides is 4. The Kier molecular flexibility index (Phi) is 13.8. The number of hydrogen-bond donors (Lipinski definition) is 2. The maximum absolute atomic E-state index is 16.8. The van der Waals surface area contributed by atoms with E-state index in [1.54, 1.807) is 76.2 Å². The number of carbonyl (C=O) groups excluding carboxylic acids is 9. The van der Waals surface area contributed by atoms with Crippen molar-refractivity contribution in [1.29, 1.82) is 0 Å². The Morgan fingerprint density at radius 3 is 1.65 bits per heavy atom. The van der Waals surface area contributed by atoms with E-state index in [9.17, 15) is 29.1 Å². The molecule has 2 N–H and O–H groups in total. The number of hydrogen-bond acceptors (Lipinski definition) is 18. The third-order valence-electron chi connectivity index (χ3n) is 16.0. The lowest BCUT2D eigenvalue weighted by atomic mass is 9.54. The highest BCUT2D eigenvalue weighted by Gasteiger charge is 2.88. The van der Waals surface area contributed by atoms with E-state index in [0.717, 1.165) is 37.9 Å². The summed E-state index contributed by atoms with van der Waals surface area (Å²) in [5.41, 5.74) is -9.05. The highest BCUT2D eigenvalue weighted by Crippen LogP contribution is 2.76. The van der Waals surface area contributed by atoms with Crippen LogP contribution in [0.5, 0.6) is 0 Å². The van der Waals surface area contributed by atoms with E-state index < -0.39 is 156 Å². The molecule has 6 heterocycles. The summed E-state index contributed by atoms with van der Waals surface area (Å²) in [5, 5.41) is 13.7. The molecule has 6 aliphatic heterocycles. The SMILES string of the molecule is CC(=O)OC[C@@]1(OC(=O)C(C)C)C(=O)N2[C@H]3N(S(=O)(=O)c4ccccc4)c4ccccc4[C@@]3([C@]34C[C@]5(SC(=O)C(C)C)C(=O)N(C)[C@](CO)(OC(=O)C(C)C)C(=O)N5[C@H]3Nc3ccccc34)C[C@]2(SC(=O)C(C)C)C(=O)N1C. The number of piperazine rings is 2. The maximum atomic E-state index is 16.8. The van der Waals surface area contributed by atoms with Gasteiger partial charge in [0.15, 0.2) is 26.6 Å². The standard InChI is InChI=1S/C54H62N6O15S3/c1-29(2)39(63)74-51(27-61)45(67)58-43-49(35-21-15-17-23-37(35)55-43,25-53(58,47(69)56(51)10)76-41(65)31(5)6)50-26-54(77-42(66)32(7)8)48(70)57(11)52(28-73-33(9)62,75-40(64)30(3)4)46(68)59(54)44(50)60(38-24-18-16-22-36(38)50)78(71,72)34-19-13-12-14-20-34/h12-24,29-32,43-44,55,61H,25-28H2,1-11H3/t43-,44+,49+,50+,51-,52-,53+,54+/m1/s1. The average molecular weight is 1130 g/mol. The third kappa shape index (κ3) is 7.43. The molecule has 3 aromatic carbocycles. The van der Waals surface area contributed by atoms with Gasteiger partial charge in [0.25, 0.3) is 39.4 Å². The van der Waals surface area contributed by atoms with E-state index in [0.29, 0.717) is 34.8 Å². The molecule has 0 bridgehead atoms. The summed E-state index contributed by atoms with van der Waals surface area (Å²) in [6.07, 6.45) is -4.94. The number of likely N-dealkylation sites (N-methyl/N-ethyl adjacent to an activating group) is 2. The number of nitrogens with zero attached hydrogens (tertiary/aromatic N) is 5. The first kappa shape index (κ1) is 56.2. The van der Waals surface area contributed by atoms with Gasteiger partial charge in [0.05, 0.1) is 33.2 Å². The van der Waals surface area contributed by atoms with Crippen molar-refractivity contribution in [1.82, 2.24) is 19.6 Å². The molecule has 0 unspecified atom stereocenters. The highest BCUT2D eigenvalue weighted by atomic mass is 32.2. The summed E-state index contributed by atoms with van der Waals surface area (Å²) in [4.78, 5) is 134. The predicted octanol–water partition coefficient (Wildman–Crippen LogP) is 4.13. The van der Waals surface area contributed by atoms with Gasteiger partial charge in [-0.3, -0.25) is 62.8 Å². The maximum Gasteiger partial charge on any atom is 0.311 e. The molecule has 416 valence electrons. The highest BCUT2D eigenvalue weighted by molar-refractivity contribution is 8.15. The number of anilines is 2. The summed E-state index contributed by atoms with van der Waals surface area (Å²) in [6.45, 7) is 10.9. The first-order valence-corrected chi connectivity index (χ1v) is 28.6. The molecule has 4 saturated heterocycles. The Balaban J connectivity index is 1.48. The lowest BCUT2D eigenvalue weighted by Crippen LogP contribution is -2.78. The zero-order valence-electron chi connectivity index (χ0n) is 44.9. The fraction of sp³-hybridized carbons (Fsp3) is 0.500. The number of benzene rings is 3. The first-order valence-electron chi connectivity index (χ1n) is 25.5. The Bertz CT molecular complexity index is 3210. The zero-order chi connectivity index (χ0) is 57.2. The number of nitrogens with one attached hydrogen (secondary N) is 1. The van der Waals surface area contributed by atoms with E-state index in [4.69, 9.17) is 14.2 Å². The lowest BCUT2D eigenvalue weighted by Gasteiger charge is -2.54. The van der Waals surface area contributed by atoms with Crippen molar-refractivity contribution in [2.45, 2.75) is 124 Å². The Labute approximate surface area is 460 Å². The van der Waals surface area contributed by atoms with Crippen LogP contribution in [0.1, 0.15) is 86.3 Å². The number of fused-ring (bicyclic) bond motifs is 11. The topological polar surface area (TPSA) is 264 Å². The van der Waals surface area contributed by atoms with Gasteiger partial charge in [-0.15, -0.1) is 0 Å². The van der Waals surface area contributed by atoms with Crippen LogP contribution in [0.4, 0.5) is 11.4 Å². The molecule has 78 heavy (non-hydrogen) atoms. The molecule has 0 radical (unpaired) electrons. The lowest BCUT2D eigenvalue weighted by molar-refractivity contribution is -0.223. The van der Waals surface area contributed by atoms with Gasteiger partial charge in [-0.2, -0.15) is 0 Å². The van der Waals surface area contributed by atoms with Gasteiger partial charge in [-0.05, 0) is 58.9 Å². The van der Waals surface area contributed by atoms with E-state index in [1.807, 2.05) is 0 Å². The zero-order valence-corrected chi connectivity index (χ0v) is 47.4. The number of carbonyl (C=O) groups is 9. The molecule has 4 amide bonds. The van der Waals surface area contributed by atoms with E-state index in [-0.39, 0.29) is 16.1 Å². The van der Waals surface area contributed by atoms with E-state index >= 15 is 27.6 Å². The van der Waals surface area contributed by atoms with Gasteiger partial charge in [-0.1, -0.05) is 110 Å². The Morgan fingerprint density at radius 1 is 0.641 bits per heavy atom. The molecule has 0 saturated carbocycles. The molecular weight excluding hydrogens is 1070 g/mol. The van der Waals surface area contributed by atoms with Crippen LogP contribution in [0.3, 0.4) is 0 Å². The van der Waals surface area contributed by atoms with Crippen LogP contribution < -0.4 is 9.62 Å². The molecule has 0 spiro atoms. The second-order valence-corrected chi connectivity index (χ2v) is 26.2. The van der Waals surface area contributed by atoms with E-state index in [1.165, 1.54) is 65.1 Å². The minimum atomic E-state index is -5.00. The monoisotopic (exact) mass is 1130 g/mol. The summed E-state index contributed by atoms with van der Waals surface area (Å²) < 4.78 is 51.0. The quantitative estimate of drug-likeness (QED) is 0.170. The second-order valence-electron chi connectivity index (χ2n) is 21.9. The van der Waals surface area contributed by atoms with Crippen LogP contribution in [0.15, 0.2) is 83.8 Å². The number of aliphatic hydroxyl groups excluding tert-OH is 1. The van der Waals surface area contributed by atoms with Crippen LogP contribution in [0.2, 0.25) is 0 Å². The number of sulfonamides is 1. The molecule has 0 aliphatic carbocycles. The Hall–Kier alpha value is -6.50. The molecule has 24 heteroatoms. The number of ether oxygens (including phenoxy) is 3. The smallest absolute Gasteiger partial charge is 0.311 e. The molecule has 4 fully saturated rings. The van der Waals surface area contributed by atoms with Crippen molar-refractivity contribution in [2.75, 3.05) is 36.9 Å². The van der Waals surface area contributed by atoms with Gasteiger partial charge < -0.3 is 24.6 Å². The molecule has 9 rings (SSSR count). The molecule has 0 aromatic heterocycles. The number of rotatable bonds is 14. The van der Waals surface area contributed by atoms with Gasteiger partial charge >= 0.3 is 23.6 Å². The molecule has 3 aromatic rings. The molecular formula is C54H62N6O15S3. The van der Waals surface area contributed by atoms with Crippen LogP contribution in [-0.2, 0) is 78.2 Å². The van der Waals surface area contributed by atoms with Gasteiger partial charge in [0, 0.05) is 51.4 Å². The largest absolute Gasteiger partial charge is 0.459 e. The van der Waals surface area contributed by atoms with Crippen LogP contribution >= 0.6 is 23.5 Å². The predicted molar refractivity (Wildman–Crippen MR) is 283 cm³/mol. The fourth-order valence-electron chi connectivity index (χ4n) is 12.1. The Morgan fingerprint density at radius 2 is 1.12 bits per heavy atom. The number of aliphatic hydroxyl groups is 1. The van der Waals surface area contributed by atoms with Crippen molar-refractivity contribution in [3.63, 3.8) is 0 Å². The fourth-order valence-corrected chi connectivity index (χ4v) is 16.6. The second kappa shape index (κ2) is 19.1. The summed E-state index contributed by atoms with van der Waals surface area (Å²) in [5.74, 6) is -10.9. The average Bonchev–Trinajstić information content (AvgIpc) is 4.15. The number of para-hydroxylation sites is 2. The number of esters is 3. The summed E-state index contributed by atoms with van der Waals surface area (Å²) >= 11 is 0.977. The molecule has 8 atom stereocenters. The minimum absolute atomic E-state index is 0.0308. The van der Waals surface area contributed by atoms with Crippen molar-refractivity contribution in [3.05, 3.63) is 90.0 Å². The third-order valence-corrected chi connectivity index (χ3v) is 20.8. The summed E-state index contributed by atoms with van der Waals surface area (Å²) in [7, 11) is -2.69. The van der Waals surface area contributed by atoms with Gasteiger partial charge in [0.1, 0.15) is 18.9 Å². The van der Waals surface area contributed by atoms with Crippen molar-refractivity contribution in [2.24, 2.45) is 23.7 Å². The van der Waals surface area contributed by atoms with Crippen LogP contribution in [-0.4, -0.2) is 146 Å².